The lowest BCUT2D eigenvalue weighted by molar-refractivity contribution is -0.994. The van der Waals surface area contributed by atoms with Gasteiger partial charge in [0.2, 0.25) is 0 Å². The first-order valence-corrected chi connectivity index (χ1v) is 7.85. The zero-order chi connectivity index (χ0) is 18.1. The van der Waals surface area contributed by atoms with E-state index >= 15 is 0 Å². The highest BCUT2D eigenvalue weighted by atomic mass is 32.2. The van der Waals surface area contributed by atoms with Gasteiger partial charge in [-0.2, -0.15) is 15.4 Å². The summed E-state index contributed by atoms with van der Waals surface area (Å²) in [5.74, 6) is 0.312. The minimum Gasteiger partial charge on any atom is -0.595 e. The van der Waals surface area contributed by atoms with Crippen molar-refractivity contribution in [3.63, 3.8) is 0 Å². The highest BCUT2D eigenvalue weighted by molar-refractivity contribution is 7.99. The standard InChI is InChI=1S/C13H15N7O4S/c1-17-7-14-16-13(17)25-12-11(20(23)24)15-10(18(12)2)8-3-5-9(6-4-8)19(21)22/h3-7,19-21,23H,1-2H3. The molecular weight excluding hydrogens is 350 g/mol. The minimum absolute atomic E-state index is 0.104. The van der Waals surface area contributed by atoms with Gasteiger partial charge in [-0.1, -0.05) is 0 Å². The highest BCUT2D eigenvalue weighted by Crippen LogP contribution is 2.33. The number of nitrogens with zero attached hydrogens (tertiary/aromatic N) is 5. The summed E-state index contributed by atoms with van der Waals surface area (Å²) >= 11 is 1.14. The Kier molecular flexibility index (Phi) is 4.82. The van der Waals surface area contributed by atoms with E-state index in [1.165, 1.54) is 18.5 Å². The van der Waals surface area contributed by atoms with Gasteiger partial charge in [-0.3, -0.25) is 0 Å². The van der Waals surface area contributed by atoms with E-state index in [0.29, 0.717) is 21.6 Å². The van der Waals surface area contributed by atoms with Crippen LogP contribution in [0.2, 0.25) is 0 Å². The summed E-state index contributed by atoms with van der Waals surface area (Å²) < 4.78 is 3.31. The summed E-state index contributed by atoms with van der Waals surface area (Å²) in [6.45, 7) is 0. The predicted molar refractivity (Wildman–Crippen MR) is 85.3 cm³/mol. The van der Waals surface area contributed by atoms with Crippen LogP contribution in [0.5, 0.6) is 0 Å². The number of imidazole rings is 1. The Balaban J connectivity index is 2.03. The van der Waals surface area contributed by atoms with Crippen LogP contribution in [0.25, 0.3) is 11.4 Å². The van der Waals surface area contributed by atoms with Gasteiger partial charge in [0.05, 0.1) is 0 Å². The molecule has 4 N–H and O–H groups in total. The topological polar surface area (TPSA) is 144 Å². The molecule has 12 heteroatoms. The number of nitrogens with one attached hydrogen (secondary N) is 2. The quantitative estimate of drug-likeness (QED) is 0.429. The van der Waals surface area contributed by atoms with Gasteiger partial charge in [-0.05, 0) is 23.9 Å². The fourth-order valence-electron chi connectivity index (χ4n) is 2.21. The maximum Gasteiger partial charge on any atom is 0.292 e. The zero-order valence-corrected chi connectivity index (χ0v) is 14.1. The molecule has 3 aromatic rings. The first-order valence-electron chi connectivity index (χ1n) is 7.04. The van der Waals surface area contributed by atoms with Crippen molar-refractivity contribution in [1.82, 2.24) is 24.3 Å². The summed E-state index contributed by atoms with van der Waals surface area (Å²) in [7, 11) is 3.45. The molecule has 2 heterocycles. The lowest BCUT2D eigenvalue weighted by atomic mass is 10.2. The van der Waals surface area contributed by atoms with E-state index in [9.17, 15) is 15.6 Å². The first kappa shape index (κ1) is 17.5. The van der Waals surface area contributed by atoms with Crippen molar-refractivity contribution in [3.05, 3.63) is 41.0 Å². The molecule has 3 rings (SSSR count). The number of rotatable bonds is 5. The normalized spacial score (nSPS) is 13.8. The van der Waals surface area contributed by atoms with Crippen LogP contribution in [0, 0.1) is 10.4 Å². The van der Waals surface area contributed by atoms with Crippen molar-refractivity contribution >= 4 is 23.3 Å². The zero-order valence-electron chi connectivity index (χ0n) is 13.2. The fourth-order valence-corrected chi connectivity index (χ4v) is 3.12. The number of quaternary nitrogens is 2. The maximum atomic E-state index is 11.6. The average Bonchev–Trinajstić information content (AvgIpc) is 3.12. The second-order valence-electron chi connectivity index (χ2n) is 5.16. The third-order valence-electron chi connectivity index (χ3n) is 3.49. The Morgan fingerprint density at radius 3 is 2.28 bits per heavy atom. The summed E-state index contributed by atoms with van der Waals surface area (Å²) in [6.07, 6.45) is 1.52. The van der Waals surface area contributed by atoms with Gasteiger partial charge in [0.1, 0.15) is 12.2 Å². The number of aromatic nitrogens is 5. The third-order valence-corrected chi connectivity index (χ3v) is 4.71. The molecular formula is C13H15N7O4S. The SMILES string of the molecule is Cn1cnnc1Sc1c([NH+]([O-])O)nc(-c2ccc([NH+]([O-])O)cc2)n1C. The molecule has 25 heavy (non-hydrogen) atoms. The van der Waals surface area contributed by atoms with Crippen molar-refractivity contribution in [1.29, 1.82) is 0 Å². The van der Waals surface area contributed by atoms with E-state index < -0.39 is 10.5 Å². The van der Waals surface area contributed by atoms with Crippen molar-refractivity contribution in [2.45, 2.75) is 10.2 Å². The molecule has 0 aliphatic heterocycles. The van der Waals surface area contributed by atoms with Crippen molar-refractivity contribution in [2.75, 3.05) is 0 Å². The van der Waals surface area contributed by atoms with E-state index in [1.807, 2.05) is 0 Å². The molecule has 0 saturated carbocycles. The molecule has 0 amide bonds. The number of hydrogen-bond donors (Lipinski definition) is 4. The molecule has 2 atom stereocenters. The number of benzene rings is 1. The minimum atomic E-state index is -1.16. The second kappa shape index (κ2) is 6.89. The van der Waals surface area contributed by atoms with Crippen LogP contribution in [0.15, 0.2) is 40.8 Å². The van der Waals surface area contributed by atoms with E-state index in [2.05, 4.69) is 15.2 Å². The first-order chi connectivity index (χ1) is 11.9. The van der Waals surface area contributed by atoms with E-state index in [4.69, 9.17) is 5.21 Å². The molecule has 2 aromatic heterocycles. The summed E-state index contributed by atoms with van der Waals surface area (Å²) in [5, 5.41) is 47.4. The van der Waals surface area contributed by atoms with Gasteiger partial charge < -0.3 is 19.5 Å². The van der Waals surface area contributed by atoms with Crippen LogP contribution < -0.4 is 10.5 Å². The van der Waals surface area contributed by atoms with Crippen LogP contribution in [-0.2, 0) is 14.1 Å². The van der Waals surface area contributed by atoms with Crippen LogP contribution in [0.1, 0.15) is 0 Å². The Bertz CT molecular complexity index is 875. The smallest absolute Gasteiger partial charge is 0.292 e. The molecule has 0 radical (unpaired) electrons. The molecule has 0 bridgehead atoms. The number of hydrogen-bond acceptors (Lipinski definition) is 8. The summed E-state index contributed by atoms with van der Waals surface area (Å²) in [4.78, 5) is 4.20. The Hall–Kier alpha value is -2.32. The average molecular weight is 365 g/mol. The Morgan fingerprint density at radius 1 is 1.08 bits per heavy atom. The molecule has 11 nitrogen and oxygen atoms in total. The van der Waals surface area contributed by atoms with Crippen LogP contribution in [0.4, 0.5) is 11.5 Å². The van der Waals surface area contributed by atoms with Crippen LogP contribution >= 0.6 is 11.8 Å². The van der Waals surface area contributed by atoms with Gasteiger partial charge >= 0.3 is 0 Å². The molecule has 132 valence electrons. The predicted octanol–water partition coefficient (Wildman–Crippen LogP) is -0.826. The largest absolute Gasteiger partial charge is 0.595 e. The van der Waals surface area contributed by atoms with Crippen molar-refractivity contribution in [2.24, 2.45) is 14.1 Å². The lowest BCUT2D eigenvalue weighted by Gasteiger charge is -2.11. The van der Waals surface area contributed by atoms with E-state index in [1.54, 1.807) is 35.4 Å². The molecule has 0 spiro atoms. The van der Waals surface area contributed by atoms with Crippen LogP contribution in [-0.4, -0.2) is 34.7 Å². The van der Waals surface area contributed by atoms with Crippen molar-refractivity contribution < 1.29 is 20.9 Å². The van der Waals surface area contributed by atoms with Gasteiger partial charge in [-0.15, -0.1) is 10.2 Å². The van der Waals surface area contributed by atoms with E-state index in [0.717, 1.165) is 11.8 Å². The van der Waals surface area contributed by atoms with Gasteiger partial charge in [0.15, 0.2) is 15.9 Å². The Morgan fingerprint density at radius 2 is 1.76 bits per heavy atom. The maximum absolute atomic E-state index is 11.6. The van der Waals surface area contributed by atoms with Crippen LogP contribution in [0.3, 0.4) is 0 Å². The molecule has 1 aromatic carbocycles. The molecule has 2 unspecified atom stereocenters. The summed E-state index contributed by atoms with van der Waals surface area (Å²) in [6, 6.07) is 6.08. The van der Waals surface area contributed by atoms with Gasteiger partial charge in [-0.25, -0.2) is 10.4 Å². The van der Waals surface area contributed by atoms with E-state index in [-0.39, 0.29) is 11.5 Å². The lowest BCUT2D eigenvalue weighted by Crippen LogP contribution is -2.99. The monoisotopic (exact) mass is 365 g/mol. The molecule has 0 fully saturated rings. The van der Waals surface area contributed by atoms with Gasteiger partial charge in [0.25, 0.3) is 5.82 Å². The Labute approximate surface area is 145 Å². The molecule has 0 aliphatic carbocycles. The molecule has 0 aliphatic rings. The third kappa shape index (κ3) is 3.40. The van der Waals surface area contributed by atoms with Gasteiger partial charge in [0, 0.05) is 31.8 Å². The molecule has 0 saturated heterocycles. The van der Waals surface area contributed by atoms with Crippen molar-refractivity contribution in [3.8, 4) is 11.4 Å². The second-order valence-corrected chi connectivity index (χ2v) is 6.12. The summed E-state index contributed by atoms with van der Waals surface area (Å²) in [5.41, 5.74) is 0.755. The highest BCUT2D eigenvalue weighted by Gasteiger charge is 2.24. The number of aryl methyl sites for hydroxylation is 1. The fraction of sp³-hybridized carbons (Fsp3) is 0.154.